The van der Waals surface area contributed by atoms with Crippen molar-refractivity contribution in [2.75, 3.05) is 0 Å². The van der Waals surface area contributed by atoms with Gasteiger partial charge in [-0.3, -0.25) is 4.40 Å². The first-order valence-electron chi connectivity index (χ1n) is 7.56. The van der Waals surface area contributed by atoms with E-state index in [4.69, 9.17) is 4.98 Å². The van der Waals surface area contributed by atoms with Crippen molar-refractivity contribution >= 4 is 17.2 Å². The van der Waals surface area contributed by atoms with Gasteiger partial charge < -0.3 is 5.11 Å². The third-order valence-corrected chi connectivity index (χ3v) is 3.66. The van der Waals surface area contributed by atoms with Gasteiger partial charge in [0.1, 0.15) is 17.1 Å². The van der Waals surface area contributed by atoms with E-state index in [1.54, 1.807) is 18.2 Å². The molecule has 1 N–H and O–H groups in total. The predicted octanol–water partition coefficient (Wildman–Crippen LogP) is 5.06. The molecule has 0 aliphatic carbocycles. The molecular formula is C18H20N4O. The molecule has 0 amide bonds. The zero-order valence-corrected chi connectivity index (χ0v) is 13.8. The Morgan fingerprint density at radius 3 is 2.48 bits per heavy atom. The number of benzene rings is 1. The van der Waals surface area contributed by atoms with Gasteiger partial charge in [-0.15, -0.1) is 10.2 Å². The number of pyridine rings is 1. The van der Waals surface area contributed by atoms with E-state index in [1.165, 1.54) is 0 Å². The largest absolute Gasteiger partial charge is 0.506 e. The number of para-hydroxylation sites is 1. The number of fused-ring (bicyclic) bond motifs is 1. The first kappa shape index (κ1) is 15.2. The maximum absolute atomic E-state index is 9.85. The third-order valence-electron chi connectivity index (χ3n) is 3.66. The highest BCUT2D eigenvalue weighted by Gasteiger charge is 2.24. The fourth-order valence-electron chi connectivity index (χ4n) is 2.44. The topological polar surface area (TPSA) is 62.2 Å². The molecule has 0 bridgehead atoms. The summed E-state index contributed by atoms with van der Waals surface area (Å²) >= 11 is 0. The lowest BCUT2D eigenvalue weighted by Crippen LogP contribution is -2.11. The zero-order valence-electron chi connectivity index (χ0n) is 13.8. The number of aromatic hydroxyl groups is 1. The van der Waals surface area contributed by atoms with Crippen molar-refractivity contribution in [3.8, 4) is 5.75 Å². The fraction of sp³-hybridized carbons (Fsp3) is 0.278. The van der Waals surface area contributed by atoms with Crippen LogP contribution < -0.4 is 0 Å². The lowest BCUT2D eigenvalue weighted by atomic mass is 9.92. The summed E-state index contributed by atoms with van der Waals surface area (Å²) in [4.78, 5) is 4.76. The van der Waals surface area contributed by atoms with Gasteiger partial charge in [0.05, 0.1) is 5.69 Å². The minimum absolute atomic E-state index is 0.110. The van der Waals surface area contributed by atoms with Crippen molar-refractivity contribution in [2.45, 2.75) is 33.1 Å². The second kappa shape index (κ2) is 5.50. The standard InChI is InChI=1S/C18H20N4O/c1-12-8-7-11-22-16(12)19-15(18(2,3)4)17(22)21-20-13-9-5-6-10-14(13)23/h5-11,23H,1-4H3. The third kappa shape index (κ3) is 2.82. The Morgan fingerprint density at radius 1 is 1.04 bits per heavy atom. The van der Waals surface area contributed by atoms with Crippen LogP contribution in [0.4, 0.5) is 11.5 Å². The molecule has 0 fully saturated rings. The summed E-state index contributed by atoms with van der Waals surface area (Å²) in [5.74, 6) is 0.804. The van der Waals surface area contributed by atoms with Gasteiger partial charge in [0.15, 0.2) is 5.82 Å². The van der Waals surface area contributed by atoms with Crippen LogP contribution in [0.3, 0.4) is 0 Å². The Balaban J connectivity index is 2.20. The van der Waals surface area contributed by atoms with Gasteiger partial charge in [-0.25, -0.2) is 4.98 Å². The SMILES string of the molecule is Cc1cccn2c(N=Nc3ccccc3O)c(C(C)(C)C)nc12. The van der Waals surface area contributed by atoms with Gasteiger partial charge in [-0.2, -0.15) is 0 Å². The van der Waals surface area contributed by atoms with Crippen molar-refractivity contribution in [1.82, 2.24) is 9.38 Å². The van der Waals surface area contributed by atoms with Crippen LogP contribution in [-0.4, -0.2) is 14.5 Å². The zero-order chi connectivity index (χ0) is 16.6. The molecule has 0 unspecified atom stereocenters. The molecule has 0 aliphatic rings. The second-order valence-corrected chi connectivity index (χ2v) is 6.61. The monoisotopic (exact) mass is 308 g/mol. The van der Waals surface area contributed by atoms with E-state index in [-0.39, 0.29) is 11.2 Å². The van der Waals surface area contributed by atoms with E-state index in [1.807, 2.05) is 35.7 Å². The molecule has 0 spiro atoms. The molecule has 5 nitrogen and oxygen atoms in total. The number of imidazole rings is 1. The van der Waals surface area contributed by atoms with Gasteiger partial charge in [0.2, 0.25) is 0 Å². The predicted molar refractivity (Wildman–Crippen MR) is 90.9 cm³/mol. The van der Waals surface area contributed by atoms with Gasteiger partial charge in [-0.1, -0.05) is 39.0 Å². The van der Waals surface area contributed by atoms with E-state index in [0.717, 1.165) is 16.9 Å². The van der Waals surface area contributed by atoms with Gasteiger partial charge in [-0.05, 0) is 30.7 Å². The van der Waals surface area contributed by atoms with Crippen molar-refractivity contribution in [1.29, 1.82) is 0 Å². The molecule has 0 atom stereocenters. The number of phenols is 1. The molecule has 23 heavy (non-hydrogen) atoms. The molecule has 2 heterocycles. The highest BCUT2D eigenvalue weighted by molar-refractivity contribution is 5.58. The van der Waals surface area contributed by atoms with Crippen molar-refractivity contribution in [3.63, 3.8) is 0 Å². The molecular weight excluding hydrogens is 288 g/mol. The van der Waals surface area contributed by atoms with Crippen molar-refractivity contribution in [3.05, 3.63) is 53.9 Å². The summed E-state index contributed by atoms with van der Waals surface area (Å²) in [6, 6.07) is 10.9. The van der Waals surface area contributed by atoms with Crippen LogP contribution in [0.15, 0.2) is 52.8 Å². The van der Waals surface area contributed by atoms with Crippen LogP contribution >= 0.6 is 0 Å². The Labute approximate surface area is 135 Å². The molecule has 2 aromatic heterocycles. The van der Waals surface area contributed by atoms with Gasteiger partial charge in [0, 0.05) is 11.6 Å². The Bertz CT molecular complexity index is 888. The summed E-state index contributed by atoms with van der Waals surface area (Å²) < 4.78 is 1.94. The molecule has 0 radical (unpaired) electrons. The number of hydrogen-bond donors (Lipinski definition) is 1. The first-order valence-corrected chi connectivity index (χ1v) is 7.56. The second-order valence-electron chi connectivity index (χ2n) is 6.61. The molecule has 118 valence electrons. The Hall–Kier alpha value is -2.69. The Kier molecular flexibility index (Phi) is 3.64. The number of nitrogens with zero attached hydrogens (tertiary/aromatic N) is 4. The summed E-state index contributed by atoms with van der Waals surface area (Å²) in [5, 5.41) is 18.5. The summed E-state index contributed by atoms with van der Waals surface area (Å²) in [5.41, 5.74) is 3.12. The molecule has 3 aromatic rings. The van der Waals surface area contributed by atoms with E-state index < -0.39 is 0 Å². The maximum atomic E-state index is 9.85. The van der Waals surface area contributed by atoms with Crippen LogP contribution in [0.5, 0.6) is 5.75 Å². The first-order chi connectivity index (χ1) is 10.9. The molecule has 1 aromatic carbocycles. The van der Waals surface area contributed by atoms with Crippen LogP contribution in [0.1, 0.15) is 32.0 Å². The van der Waals surface area contributed by atoms with Gasteiger partial charge >= 0.3 is 0 Å². The maximum Gasteiger partial charge on any atom is 0.183 e. The average Bonchev–Trinajstić information content (AvgIpc) is 2.87. The minimum Gasteiger partial charge on any atom is -0.506 e. The van der Waals surface area contributed by atoms with Crippen LogP contribution in [0, 0.1) is 6.92 Å². The van der Waals surface area contributed by atoms with Crippen LogP contribution in [-0.2, 0) is 5.41 Å². The highest BCUT2D eigenvalue weighted by atomic mass is 16.3. The Morgan fingerprint density at radius 2 is 1.78 bits per heavy atom. The number of azo groups is 1. The number of aromatic nitrogens is 2. The lowest BCUT2D eigenvalue weighted by molar-refractivity contribution is 0.476. The number of phenolic OH excluding ortho intramolecular Hbond substituents is 1. The van der Waals surface area contributed by atoms with Crippen molar-refractivity contribution < 1.29 is 5.11 Å². The minimum atomic E-state index is -0.161. The highest BCUT2D eigenvalue weighted by Crippen LogP contribution is 2.34. The molecule has 3 rings (SSSR count). The number of rotatable bonds is 2. The quantitative estimate of drug-likeness (QED) is 0.672. The summed E-state index contributed by atoms with van der Waals surface area (Å²) in [6.07, 6.45) is 1.93. The number of aryl methyl sites for hydroxylation is 1. The van der Waals surface area contributed by atoms with E-state index in [2.05, 4.69) is 31.0 Å². The molecule has 0 aliphatic heterocycles. The van der Waals surface area contributed by atoms with Crippen LogP contribution in [0.25, 0.3) is 5.65 Å². The van der Waals surface area contributed by atoms with E-state index in [0.29, 0.717) is 11.5 Å². The van der Waals surface area contributed by atoms with Crippen LogP contribution in [0.2, 0.25) is 0 Å². The molecule has 0 saturated carbocycles. The van der Waals surface area contributed by atoms with E-state index in [9.17, 15) is 5.11 Å². The van der Waals surface area contributed by atoms with Crippen molar-refractivity contribution in [2.24, 2.45) is 10.2 Å². The summed E-state index contributed by atoms with van der Waals surface area (Å²) in [6.45, 7) is 8.33. The smallest absolute Gasteiger partial charge is 0.183 e. The number of hydrogen-bond acceptors (Lipinski definition) is 4. The average molecular weight is 308 g/mol. The fourth-order valence-corrected chi connectivity index (χ4v) is 2.44. The lowest BCUT2D eigenvalue weighted by Gasteiger charge is -2.15. The normalized spacial score (nSPS) is 12.3. The van der Waals surface area contributed by atoms with Gasteiger partial charge in [0.25, 0.3) is 0 Å². The molecule has 0 saturated heterocycles. The molecule has 5 heteroatoms. The summed E-state index contributed by atoms with van der Waals surface area (Å²) in [7, 11) is 0. The van der Waals surface area contributed by atoms with E-state index >= 15 is 0 Å².